The minimum atomic E-state index is 0.175. The van der Waals surface area contributed by atoms with Crippen LogP contribution in [0.15, 0.2) is 36.4 Å². The Morgan fingerprint density at radius 2 is 1.92 bits per heavy atom. The number of aryl methyl sites for hydroxylation is 2. The number of amides is 1. The Hall–Kier alpha value is -2.07. The molecule has 0 bridgehead atoms. The molecule has 2 heterocycles. The second-order valence-corrected chi connectivity index (χ2v) is 7.83. The molecule has 26 heavy (non-hydrogen) atoms. The van der Waals surface area contributed by atoms with Crippen molar-refractivity contribution in [1.82, 2.24) is 14.8 Å². The number of aromatic amines is 1. The van der Waals surface area contributed by atoms with E-state index in [2.05, 4.69) is 53.3 Å². The number of piperazine rings is 1. The molecule has 2 aromatic rings. The first-order valence-corrected chi connectivity index (χ1v) is 9.94. The van der Waals surface area contributed by atoms with E-state index >= 15 is 0 Å². The lowest BCUT2D eigenvalue weighted by molar-refractivity contribution is 0.0658. The van der Waals surface area contributed by atoms with Gasteiger partial charge in [-0.05, 0) is 62.3 Å². The lowest BCUT2D eigenvalue weighted by Gasteiger charge is -2.32. The van der Waals surface area contributed by atoms with E-state index in [1.54, 1.807) is 0 Å². The van der Waals surface area contributed by atoms with Gasteiger partial charge in [0.15, 0.2) is 0 Å². The number of fused-ring (bicyclic) bond motifs is 1. The van der Waals surface area contributed by atoms with Crippen LogP contribution < -0.4 is 0 Å². The first kappa shape index (κ1) is 17.3. The molecule has 4 heteroatoms. The lowest BCUT2D eigenvalue weighted by Crippen LogP contribution is -2.47. The summed E-state index contributed by atoms with van der Waals surface area (Å²) >= 11 is 0. The molecule has 1 atom stereocenters. The van der Waals surface area contributed by atoms with Crippen molar-refractivity contribution >= 4 is 5.91 Å². The SMILES string of the molecule is CN1CCN(C(=O)c2cc3c([nH]2)C(CCc2ccccc2)CCC3)CC1. The third-order valence-corrected chi connectivity index (χ3v) is 5.99. The van der Waals surface area contributed by atoms with Crippen LogP contribution in [0.25, 0.3) is 0 Å². The van der Waals surface area contributed by atoms with E-state index in [4.69, 9.17) is 0 Å². The summed E-state index contributed by atoms with van der Waals surface area (Å²) in [5, 5.41) is 0. The van der Waals surface area contributed by atoms with Gasteiger partial charge in [-0.15, -0.1) is 0 Å². The standard InChI is InChI=1S/C22H29N3O/c1-24-12-14-25(15-13-24)22(26)20-16-19-9-5-8-18(21(19)23-20)11-10-17-6-3-2-4-7-17/h2-4,6-7,16,18,23H,5,8-15H2,1H3. The molecule has 1 unspecified atom stereocenters. The molecule has 0 spiro atoms. The van der Waals surface area contributed by atoms with Gasteiger partial charge in [0.2, 0.25) is 0 Å². The molecular formula is C22H29N3O. The van der Waals surface area contributed by atoms with Gasteiger partial charge in [0.05, 0.1) is 0 Å². The number of rotatable bonds is 4. The predicted molar refractivity (Wildman–Crippen MR) is 105 cm³/mol. The van der Waals surface area contributed by atoms with Gasteiger partial charge in [0.1, 0.15) is 5.69 Å². The number of hydrogen-bond acceptors (Lipinski definition) is 2. The van der Waals surface area contributed by atoms with Crippen LogP contribution in [0.5, 0.6) is 0 Å². The Kier molecular flexibility index (Phi) is 5.11. The lowest BCUT2D eigenvalue weighted by atomic mass is 9.84. The molecule has 0 radical (unpaired) electrons. The van der Waals surface area contributed by atoms with Crippen LogP contribution in [0, 0.1) is 0 Å². The van der Waals surface area contributed by atoms with Gasteiger partial charge < -0.3 is 14.8 Å². The molecule has 2 aliphatic rings. The van der Waals surface area contributed by atoms with E-state index in [9.17, 15) is 4.79 Å². The molecule has 4 rings (SSSR count). The molecule has 0 saturated carbocycles. The Morgan fingerprint density at radius 3 is 2.69 bits per heavy atom. The third kappa shape index (κ3) is 3.70. The largest absolute Gasteiger partial charge is 0.354 e. The highest BCUT2D eigenvalue weighted by Crippen LogP contribution is 2.35. The smallest absolute Gasteiger partial charge is 0.270 e. The van der Waals surface area contributed by atoms with Crippen LogP contribution in [0.1, 0.15) is 52.5 Å². The van der Waals surface area contributed by atoms with Crippen LogP contribution >= 0.6 is 0 Å². The summed E-state index contributed by atoms with van der Waals surface area (Å²) in [6, 6.07) is 12.8. The summed E-state index contributed by atoms with van der Waals surface area (Å²) in [4.78, 5) is 20.7. The fraction of sp³-hybridized carbons (Fsp3) is 0.500. The molecule has 1 amide bonds. The Bertz CT molecular complexity index is 744. The molecule has 1 fully saturated rings. The molecule has 1 aromatic heterocycles. The molecule has 1 aliphatic carbocycles. The van der Waals surface area contributed by atoms with Gasteiger partial charge >= 0.3 is 0 Å². The molecule has 1 N–H and O–H groups in total. The number of carbonyl (C=O) groups is 1. The molecule has 4 nitrogen and oxygen atoms in total. The zero-order chi connectivity index (χ0) is 17.9. The summed E-state index contributed by atoms with van der Waals surface area (Å²) in [6.45, 7) is 3.59. The number of carbonyl (C=O) groups excluding carboxylic acids is 1. The van der Waals surface area contributed by atoms with Crippen molar-refractivity contribution in [2.75, 3.05) is 33.2 Å². The first-order chi connectivity index (χ1) is 12.7. The quantitative estimate of drug-likeness (QED) is 0.916. The fourth-order valence-electron chi connectivity index (χ4n) is 4.34. The number of nitrogens with one attached hydrogen (secondary N) is 1. The second kappa shape index (κ2) is 7.67. The van der Waals surface area contributed by atoms with Gasteiger partial charge in [0.25, 0.3) is 5.91 Å². The fourth-order valence-corrected chi connectivity index (χ4v) is 4.34. The molecule has 1 saturated heterocycles. The van der Waals surface area contributed by atoms with Crippen molar-refractivity contribution in [3.63, 3.8) is 0 Å². The van der Waals surface area contributed by atoms with Crippen molar-refractivity contribution in [3.05, 3.63) is 58.9 Å². The number of hydrogen-bond donors (Lipinski definition) is 1. The normalized spacial score (nSPS) is 20.8. The number of likely N-dealkylation sites (N-methyl/N-ethyl adjacent to an activating group) is 1. The zero-order valence-corrected chi connectivity index (χ0v) is 15.7. The molecule has 1 aliphatic heterocycles. The summed E-state index contributed by atoms with van der Waals surface area (Å²) < 4.78 is 0. The van der Waals surface area contributed by atoms with E-state index in [1.165, 1.54) is 29.7 Å². The van der Waals surface area contributed by atoms with Crippen molar-refractivity contribution in [1.29, 1.82) is 0 Å². The summed E-state index contributed by atoms with van der Waals surface area (Å²) in [5.41, 5.74) is 4.89. The first-order valence-electron chi connectivity index (χ1n) is 9.94. The summed E-state index contributed by atoms with van der Waals surface area (Å²) in [7, 11) is 2.12. The Labute approximate surface area is 156 Å². The van der Waals surface area contributed by atoms with Gasteiger partial charge in [-0.3, -0.25) is 4.79 Å². The molecular weight excluding hydrogens is 322 g/mol. The maximum absolute atomic E-state index is 12.9. The average molecular weight is 351 g/mol. The van der Waals surface area contributed by atoms with Crippen LogP contribution in [-0.4, -0.2) is 53.9 Å². The van der Waals surface area contributed by atoms with E-state index in [-0.39, 0.29) is 5.91 Å². The second-order valence-electron chi connectivity index (χ2n) is 7.83. The number of aromatic nitrogens is 1. The van der Waals surface area contributed by atoms with Crippen molar-refractivity contribution < 1.29 is 4.79 Å². The number of benzene rings is 1. The van der Waals surface area contributed by atoms with Crippen molar-refractivity contribution in [2.45, 2.75) is 38.0 Å². The van der Waals surface area contributed by atoms with Crippen LogP contribution in [0.4, 0.5) is 0 Å². The highest BCUT2D eigenvalue weighted by atomic mass is 16.2. The Morgan fingerprint density at radius 1 is 1.15 bits per heavy atom. The van der Waals surface area contributed by atoms with Gasteiger partial charge in [-0.25, -0.2) is 0 Å². The van der Waals surface area contributed by atoms with Gasteiger partial charge in [-0.2, -0.15) is 0 Å². The predicted octanol–water partition coefficient (Wildman–Crippen LogP) is 3.46. The van der Waals surface area contributed by atoms with E-state index in [0.29, 0.717) is 5.92 Å². The van der Waals surface area contributed by atoms with Crippen LogP contribution in [0.2, 0.25) is 0 Å². The summed E-state index contributed by atoms with van der Waals surface area (Å²) in [6.07, 6.45) is 5.81. The average Bonchev–Trinajstić information content (AvgIpc) is 3.12. The number of nitrogens with zero attached hydrogens (tertiary/aromatic N) is 2. The molecule has 1 aromatic carbocycles. The van der Waals surface area contributed by atoms with E-state index in [0.717, 1.165) is 51.1 Å². The van der Waals surface area contributed by atoms with Gasteiger partial charge in [0, 0.05) is 31.9 Å². The van der Waals surface area contributed by atoms with Crippen molar-refractivity contribution in [3.8, 4) is 0 Å². The monoisotopic (exact) mass is 351 g/mol. The minimum absolute atomic E-state index is 0.175. The highest BCUT2D eigenvalue weighted by Gasteiger charge is 2.27. The minimum Gasteiger partial charge on any atom is -0.354 e. The third-order valence-electron chi connectivity index (χ3n) is 5.99. The van der Waals surface area contributed by atoms with Gasteiger partial charge in [-0.1, -0.05) is 30.3 Å². The van der Waals surface area contributed by atoms with E-state index < -0.39 is 0 Å². The topological polar surface area (TPSA) is 39.3 Å². The highest BCUT2D eigenvalue weighted by molar-refractivity contribution is 5.93. The number of H-pyrrole nitrogens is 1. The Balaban J connectivity index is 1.46. The van der Waals surface area contributed by atoms with Crippen molar-refractivity contribution in [2.24, 2.45) is 0 Å². The maximum Gasteiger partial charge on any atom is 0.270 e. The zero-order valence-electron chi connectivity index (χ0n) is 15.7. The maximum atomic E-state index is 12.9. The van der Waals surface area contributed by atoms with E-state index in [1.807, 2.05) is 4.90 Å². The van der Waals surface area contributed by atoms with Crippen LogP contribution in [0.3, 0.4) is 0 Å². The summed E-state index contributed by atoms with van der Waals surface area (Å²) in [5.74, 6) is 0.724. The molecule has 138 valence electrons. The van der Waals surface area contributed by atoms with Crippen LogP contribution in [-0.2, 0) is 12.8 Å².